The molecule has 3 rings (SSSR count). The van der Waals surface area contributed by atoms with E-state index in [9.17, 15) is 9.18 Å². The Labute approximate surface area is 133 Å². The van der Waals surface area contributed by atoms with E-state index in [1.807, 2.05) is 31.2 Å². The SMILES string of the molecule is Cc1ccc(N2C(=O)/C(=C\c3ccc(F)cc3)NC2=S)cc1. The molecule has 0 saturated carbocycles. The number of halogens is 1. The minimum Gasteiger partial charge on any atom is -0.327 e. The van der Waals surface area contributed by atoms with Gasteiger partial charge in [-0.3, -0.25) is 9.69 Å². The monoisotopic (exact) mass is 312 g/mol. The number of carbonyl (C=O) groups is 1. The fourth-order valence-electron chi connectivity index (χ4n) is 2.19. The Bertz CT molecular complexity index is 766. The zero-order valence-electron chi connectivity index (χ0n) is 11.8. The van der Waals surface area contributed by atoms with E-state index in [4.69, 9.17) is 12.2 Å². The molecule has 1 fully saturated rings. The molecular formula is C17H13FN2OS. The van der Waals surface area contributed by atoms with Crippen LogP contribution in [0.3, 0.4) is 0 Å². The van der Waals surface area contributed by atoms with E-state index >= 15 is 0 Å². The van der Waals surface area contributed by atoms with Gasteiger partial charge in [-0.25, -0.2) is 4.39 Å². The summed E-state index contributed by atoms with van der Waals surface area (Å²) in [7, 11) is 0. The molecule has 1 aliphatic rings. The molecule has 1 amide bonds. The first-order valence-electron chi connectivity index (χ1n) is 6.74. The summed E-state index contributed by atoms with van der Waals surface area (Å²) in [5.74, 6) is -0.539. The smallest absolute Gasteiger partial charge is 0.281 e. The molecule has 110 valence electrons. The van der Waals surface area contributed by atoms with Crippen LogP contribution >= 0.6 is 12.2 Å². The predicted octanol–water partition coefficient (Wildman–Crippen LogP) is 3.40. The van der Waals surface area contributed by atoms with Crippen molar-refractivity contribution in [2.75, 3.05) is 4.90 Å². The maximum absolute atomic E-state index is 12.9. The average molecular weight is 312 g/mol. The van der Waals surface area contributed by atoms with Gasteiger partial charge in [0.15, 0.2) is 5.11 Å². The Morgan fingerprint density at radius 3 is 2.36 bits per heavy atom. The number of anilines is 1. The molecule has 5 heteroatoms. The van der Waals surface area contributed by atoms with Crippen molar-refractivity contribution in [3.8, 4) is 0 Å². The second-order valence-electron chi connectivity index (χ2n) is 5.02. The van der Waals surface area contributed by atoms with E-state index in [1.165, 1.54) is 17.0 Å². The summed E-state index contributed by atoms with van der Waals surface area (Å²) >= 11 is 5.24. The van der Waals surface area contributed by atoms with E-state index in [2.05, 4.69) is 5.32 Å². The maximum Gasteiger partial charge on any atom is 0.281 e. The minimum atomic E-state index is -0.315. The number of aryl methyl sites for hydroxylation is 1. The van der Waals surface area contributed by atoms with Crippen molar-refractivity contribution in [1.29, 1.82) is 0 Å². The molecule has 0 radical (unpaired) electrons. The summed E-state index contributed by atoms with van der Waals surface area (Å²) in [4.78, 5) is 14.0. The second-order valence-corrected chi connectivity index (χ2v) is 5.40. The summed E-state index contributed by atoms with van der Waals surface area (Å²) in [5.41, 5.74) is 2.93. The summed E-state index contributed by atoms with van der Waals surface area (Å²) in [6, 6.07) is 13.5. The molecule has 1 N–H and O–H groups in total. The third-order valence-corrected chi connectivity index (χ3v) is 3.64. The van der Waals surface area contributed by atoms with Crippen LogP contribution in [0.25, 0.3) is 6.08 Å². The van der Waals surface area contributed by atoms with Crippen LogP contribution in [0.5, 0.6) is 0 Å². The number of amides is 1. The number of hydrogen-bond acceptors (Lipinski definition) is 2. The van der Waals surface area contributed by atoms with E-state index in [0.29, 0.717) is 10.8 Å². The van der Waals surface area contributed by atoms with E-state index < -0.39 is 0 Å². The summed E-state index contributed by atoms with van der Waals surface area (Å²) in [6.45, 7) is 1.98. The summed E-state index contributed by atoms with van der Waals surface area (Å²) in [6.07, 6.45) is 1.66. The molecule has 1 saturated heterocycles. The lowest BCUT2D eigenvalue weighted by Gasteiger charge is -2.13. The van der Waals surface area contributed by atoms with Gasteiger partial charge >= 0.3 is 0 Å². The average Bonchev–Trinajstić information content (AvgIpc) is 2.77. The van der Waals surface area contributed by atoms with Crippen LogP contribution in [-0.4, -0.2) is 11.0 Å². The Kier molecular flexibility index (Phi) is 3.73. The van der Waals surface area contributed by atoms with Gasteiger partial charge in [0.05, 0.1) is 5.69 Å². The highest BCUT2D eigenvalue weighted by atomic mass is 32.1. The van der Waals surface area contributed by atoms with Gasteiger partial charge in [-0.05, 0) is 55.0 Å². The number of rotatable bonds is 2. The van der Waals surface area contributed by atoms with Crippen molar-refractivity contribution in [1.82, 2.24) is 5.32 Å². The van der Waals surface area contributed by atoms with Gasteiger partial charge in [-0.1, -0.05) is 29.8 Å². The molecule has 0 aliphatic carbocycles. The molecule has 0 spiro atoms. The third-order valence-electron chi connectivity index (χ3n) is 3.35. The summed E-state index contributed by atoms with van der Waals surface area (Å²) < 4.78 is 12.9. The van der Waals surface area contributed by atoms with Crippen LogP contribution in [0.15, 0.2) is 54.2 Å². The van der Waals surface area contributed by atoms with Crippen molar-refractivity contribution in [2.45, 2.75) is 6.92 Å². The van der Waals surface area contributed by atoms with Crippen LogP contribution in [0.1, 0.15) is 11.1 Å². The first kappa shape index (κ1) is 14.4. The van der Waals surface area contributed by atoms with E-state index in [-0.39, 0.29) is 11.7 Å². The van der Waals surface area contributed by atoms with Gasteiger partial charge in [0, 0.05) is 0 Å². The first-order valence-corrected chi connectivity index (χ1v) is 7.15. The van der Waals surface area contributed by atoms with Gasteiger partial charge in [-0.2, -0.15) is 0 Å². The highest BCUT2D eigenvalue weighted by molar-refractivity contribution is 7.80. The van der Waals surface area contributed by atoms with Crippen LogP contribution in [0.4, 0.5) is 10.1 Å². The molecule has 2 aromatic carbocycles. The topological polar surface area (TPSA) is 32.3 Å². The van der Waals surface area contributed by atoms with Crippen molar-refractivity contribution >= 4 is 35.0 Å². The molecule has 0 bridgehead atoms. The van der Waals surface area contributed by atoms with Crippen LogP contribution < -0.4 is 10.2 Å². The Morgan fingerprint density at radius 2 is 1.73 bits per heavy atom. The first-order chi connectivity index (χ1) is 10.5. The van der Waals surface area contributed by atoms with E-state index in [0.717, 1.165) is 16.8 Å². The molecule has 3 nitrogen and oxygen atoms in total. The number of nitrogens with one attached hydrogen (secondary N) is 1. The van der Waals surface area contributed by atoms with Gasteiger partial charge in [0.25, 0.3) is 5.91 Å². The number of thiocarbonyl (C=S) groups is 1. The lowest BCUT2D eigenvalue weighted by atomic mass is 10.2. The number of benzene rings is 2. The Balaban J connectivity index is 1.91. The van der Waals surface area contributed by atoms with Crippen LogP contribution in [0.2, 0.25) is 0 Å². The summed E-state index contributed by atoms with van der Waals surface area (Å²) in [5, 5.41) is 3.24. The maximum atomic E-state index is 12.9. The van der Waals surface area contributed by atoms with Crippen molar-refractivity contribution in [2.24, 2.45) is 0 Å². The minimum absolute atomic E-state index is 0.224. The standard InChI is InChI=1S/C17H13FN2OS/c1-11-2-8-14(9-3-11)20-16(21)15(19-17(20)22)10-12-4-6-13(18)7-5-12/h2-10H,1H3,(H,19,22)/b15-10+. The van der Waals surface area contributed by atoms with Gasteiger partial charge < -0.3 is 5.32 Å². The number of hydrogen-bond donors (Lipinski definition) is 1. The van der Waals surface area contributed by atoms with Gasteiger partial charge in [0.2, 0.25) is 0 Å². The second kappa shape index (κ2) is 5.69. The van der Waals surface area contributed by atoms with Crippen LogP contribution in [-0.2, 0) is 4.79 Å². The molecular weight excluding hydrogens is 299 g/mol. The zero-order valence-corrected chi connectivity index (χ0v) is 12.7. The molecule has 1 heterocycles. The van der Waals surface area contributed by atoms with Crippen molar-refractivity contribution in [3.05, 3.63) is 71.2 Å². The largest absolute Gasteiger partial charge is 0.327 e. The number of carbonyl (C=O) groups excluding carboxylic acids is 1. The van der Waals surface area contributed by atoms with Gasteiger partial charge in [0.1, 0.15) is 11.5 Å². The Hall–Kier alpha value is -2.53. The third kappa shape index (κ3) is 2.76. The highest BCUT2D eigenvalue weighted by Crippen LogP contribution is 2.22. The molecule has 0 atom stereocenters. The quantitative estimate of drug-likeness (QED) is 0.681. The predicted molar refractivity (Wildman–Crippen MR) is 88.8 cm³/mol. The van der Waals surface area contributed by atoms with Gasteiger partial charge in [-0.15, -0.1) is 0 Å². The van der Waals surface area contributed by atoms with E-state index in [1.54, 1.807) is 18.2 Å². The molecule has 0 unspecified atom stereocenters. The fourth-order valence-corrected chi connectivity index (χ4v) is 2.49. The Morgan fingerprint density at radius 1 is 1.09 bits per heavy atom. The van der Waals surface area contributed by atoms with Crippen LogP contribution in [0, 0.1) is 12.7 Å². The normalized spacial score (nSPS) is 16.3. The molecule has 22 heavy (non-hydrogen) atoms. The lowest BCUT2D eigenvalue weighted by Crippen LogP contribution is -2.30. The van der Waals surface area contributed by atoms with Crippen molar-refractivity contribution in [3.63, 3.8) is 0 Å². The fraction of sp³-hybridized carbons (Fsp3) is 0.0588. The molecule has 2 aromatic rings. The molecule has 1 aliphatic heterocycles. The number of nitrogens with zero attached hydrogens (tertiary/aromatic N) is 1. The lowest BCUT2D eigenvalue weighted by molar-refractivity contribution is -0.113. The molecule has 0 aromatic heterocycles. The highest BCUT2D eigenvalue weighted by Gasteiger charge is 2.31. The zero-order chi connectivity index (χ0) is 15.7. The van der Waals surface area contributed by atoms with Crippen molar-refractivity contribution < 1.29 is 9.18 Å².